The summed E-state index contributed by atoms with van der Waals surface area (Å²) in [6, 6.07) is 12.8. The Kier molecular flexibility index (Phi) is 5.63. The van der Waals surface area contributed by atoms with Crippen LogP contribution in [0, 0.1) is 6.92 Å². The van der Waals surface area contributed by atoms with E-state index in [4.69, 9.17) is 23.2 Å². The van der Waals surface area contributed by atoms with Crippen molar-refractivity contribution in [1.82, 2.24) is 14.8 Å². The van der Waals surface area contributed by atoms with Crippen LogP contribution in [-0.2, 0) is 4.79 Å². The molecule has 1 aromatic heterocycles. The van der Waals surface area contributed by atoms with Gasteiger partial charge in [0.15, 0.2) is 5.16 Å². The molecule has 0 aliphatic rings. The summed E-state index contributed by atoms with van der Waals surface area (Å²) in [6.45, 7) is 1.95. The van der Waals surface area contributed by atoms with Gasteiger partial charge in [-0.25, -0.2) is 9.67 Å². The number of hydrogen-bond donors (Lipinski definition) is 1. The van der Waals surface area contributed by atoms with Crippen molar-refractivity contribution in [2.45, 2.75) is 12.1 Å². The molecular weight excluding hydrogens is 379 g/mol. The first kappa shape index (κ1) is 17.8. The average molecular weight is 393 g/mol. The van der Waals surface area contributed by atoms with E-state index in [1.165, 1.54) is 18.1 Å². The van der Waals surface area contributed by atoms with Crippen LogP contribution in [0.1, 0.15) is 5.56 Å². The van der Waals surface area contributed by atoms with E-state index in [0.717, 1.165) is 11.3 Å². The zero-order valence-electron chi connectivity index (χ0n) is 13.2. The summed E-state index contributed by atoms with van der Waals surface area (Å²) in [5.41, 5.74) is 2.47. The molecule has 0 atom stereocenters. The molecule has 0 bridgehead atoms. The molecule has 0 aliphatic carbocycles. The monoisotopic (exact) mass is 392 g/mol. The van der Waals surface area contributed by atoms with Crippen molar-refractivity contribution >= 4 is 46.6 Å². The third-order valence-electron chi connectivity index (χ3n) is 3.41. The maximum Gasteiger partial charge on any atom is 0.234 e. The predicted octanol–water partition coefficient (Wildman–Crippen LogP) is 4.61. The molecule has 0 unspecified atom stereocenters. The first-order valence-electron chi connectivity index (χ1n) is 7.38. The molecule has 25 heavy (non-hydrogen) atoms. The minimum Gasteiger partial charge on any atom is -0.325 e. The summed E-state index contributed by atoms with van der Waals surface area (Å²) in [5, 5.41) is 8.65. The Morgan fingerprint density at radius 1 is 1.24 bits per heavy atom. The number of para-hydroxylation sites is 1. The van der Waals surface area contributed by atoms with Crippen molar-refractivity contribution in [3.63, 3.8) is 0 Å². The van der Waals surface area contributed by atoms with E-state index in [2.05, 4.69) is 15.4 Å². The lowest BCUT2D eigenvalue weighted by Crippen LogP contribution is -2.15. The predicted molar refractivity (Wildman–Crippen MR) is 102 cm³/mol. The van der Waals surface area contributed by atoms with Crippen LogP contribution in [0.5, 0.6) is 0 Å². The fourth-order valence-electron chi connectivity index (χ4n) is 2.18. The summed E-state index contributed by atoms with van der Waals surface area (Å²) >= 11 is 13.4. The zero-order valence-corrected chi connectivity index (χ0v) is 15.6. The number of benzene rings is 2. The Hall–Kier alpha value is -2.02. The Balaban J connectivity index is 1.69. The summed E-state index contributed by atoms with van der Waals surface area (Å²) in [5.74, 6) is 0.0918. The van der Waals surface area contributed by atoms with Crippen LogP contribution < -0.4 is 5.32 Å². The van der Waals surface area contributed by atoms with Crippen LogP contribution >= 0.6 is 35.0 Å². The third kappa shape index (κ3) is 4.34. The quantitative estimate of drug-likeness (QED) is 0.643. The molecule has 0 radical (unpaired) electrons. The third-order valence-corrected chi connectivity index (χ3v) is 4.89. The van der Waals surface area contributed by atoms with Crippen molar-refractivity contribution in [1.29, 1.82) is 0 Å². The van der Waals surface area contributed by atoms with Gasteiger partial charge in [-0.3, -0.25) is 4.79 Å². The smallest absolute Gasteiger partial charge is 0.234 e. The van der Waals surface area contributed by atoms with E-state index >= 15 is 0 Å². The highest BCUT2D eigenvalue weighted by atomic mass is 35.5. The molecule has 3 rings (SSSR count). The second-order valence-corrected chi connectivity index (χ2v) is 6.99. The lowest BCUT2D eigenvalue weighted by Gasteiger charge is -2.09. The number of carbonyl (C=O) groups excluding carboxylic acids is 1. The van der Waals surface area contributed by atoms with E-state index in [1.54, 1.807) is 22.9 Å². The van der Waals surface area contributed by atoms with Crippen LogP contribution in [0.2, 0.25) is 10.0 Å². The van der Waals surface area contributed by atoms with Crippen LogP contribution in [0.3, 0.4) is 0 Å². The van der Waals surface area contributed by atoms with Gasteiger partial charge in [0.1, 0.15) is 6.33 Å². The number of nitrogens with zero attached hydrogens (tertiary/aromatic N) is 3. The van der Waals surface area contributed by atoms with Crippen molar-refractivity contribution in [3.8, 4) is 5.69 Å². The van der Waals surface area contributed by atoms with E-state index in [-0.39, 0.29) is 11.7 Å². The fraction of sp³-hybridized carbons (Fsp3) is 0.118. The maximum absolute atomic E-state index is 12.2. The standard InChI is InChI=1S/C17H14Cl2N4OS/c1-11-4-2-3-5-14(11)22-16(24)9-25-17-20-10-21-23(17)15-7-6-12(18)8-13(15)19/h2-8,10H,9H2,1H3,(H,22,24). The molecule has 8 heteroatoms. The molecule has 0 fully saturated rings. The van der Waals surface area contributed by atoms with Crippen LogP contribution in [0.15, 0.2) is 53.9 Å². The number of amides is 1. The lowest BCUT2D eigenvalue weighted by atomic mass is 10.2. The molecule has 3 aromatic rings. The van der Waals surface area contributed by atoms with Crippen LogP contribution in [0.25, 0.3) is 5.69 Å². The molecule has 1 amide bonds. The highest BCUT2D eigenvalue weighted by molar-refractivity contribution is 7.99. The number of carbonyl (C=O) groups is 1. The molecule has 5 nitrogen and oxygen atoms in total. The van der Waals surface area contributed by atoms with E-state index in [1.807, 2.05) is 31.2 Å². The number of thioether (sulfide) groups is 1. The van der Waals surface area contributed by atoms with Crippen molar-refractivity contribution in [2.75, 3.05) is 11.1 Å². The molecule has 1 N–H and O–H groups in total. The van der Waals surface area contributed by atoms with Gasteiger partial charge in [-0.2, -0.15) is 5.10 Å². The van der Waals surface area contributed by atoms with Gasteiger partial charge < -0.3 is 5.32 Å². The van der Waals surface area contributed by atoms with Gasteiger partial charge >= 0.3 is 0 Å². The van der Waals surface area contributed by atoms with Gasteiger partial charge in [0.05, 0.1) is 16.5 Å². The summed E-state index contributed by atoms with van der Waals surface area (Å²) in [6.07, 6.45) is 1.42. The molecule has 0 saturated carbocycles. The van der Waals surface area contributed by atoms with Gasteiger partial charge in [-0.1, -0.05) is 53.2 Å². The second kappa shape index (κ2) is 7.91. The van der Waals surface area contributed by atoms with E-state index < -0.39 is 0 Å². The first-order chi connectivity index (χ1) is 12.0. The van der Waals surface area contributed by atoms with Gasteiger partial charge in [0.25, 0.3) is 0 Å². The minimum absolute atomic E-state index is 0.115. The van der Waals surface area contributed by atoms with E-state index in [0.29, 0.717) is 20.9 Å². The molecule has 1 heterocycles. The van der Waals surface area contributed by atoms with Crippen molar-refractivity contribution in [2.24, 2.45) is 0 Å². The summed E-state index contributed by atoms with van der Waals surface area (Å²) in [4.78, 5) is 16.4. The van der Waals surface area contributed by atoms with Gasteiger partial charge in [-0.05, 0) is 36.8 Å². The molecule has 0 saturated heterocycles. The molecule has 2 aromatic carbocycles. The SMILES string of the molecule is Cc1ccccc1NC(=O)CSc1ncnn1-c1ccc(Cl)cc1Cl. The number of rotatable bonds is 5. The van der Waals surface area contributed by atoms with Crippen LogP contribution in [0.4, 0.5) is 5.69 Å². The minimum atomic E-state index is -0.115. The molecule has 0 aliphatic heterocycles. The van der Waals surface area contributed by atoms with Crippen molar-refractivity contribution < 1.29 is 4.79 Å². The Morgan fingerprint density at radius 2 is 2.04 bits per heavy atom. The number of aryl methyl sites for hydroxylation is 1. The molecule has 128 valence electrons. The van der Waals surface area contributed by atoms with Gasteiger partial charge in [-0.15, -0.1) is 0 Å². The summed E-state index contributed by atoms with van der Waals surface area (Å²) < 4.78 is 1.59. The second-order valence-electron chi connectivity index (χ2n) is 5.20. The molecular formula is C17H14Cl2N4OS. The number of halogens is 2. The number of anilines is 1. The highest BCUT2D eigenvalue weighted by Gasteiger charge is 2.13. The van der Waals surface area contributed by atoms with Gasteiger partial charge in [0.2, 0.25) is 5.91 Å². The maximum atomic E-state index is 12.2. The first-order valence-corrected chi connectivity index (χ1v) is 9.12. The number of hydrogen-bond acceptors (Lipinski definition) is 4. The largest absolute Gasteiger partial charge is 0.325 e. The Labute approximate surface area is 159 Å². The van der Waals surface area contributed by atoms with Crippen molar-refractivity contribution in [3.05, 3.63) is 64.4 Å². The average Bonchev–Trinajstić information content (AvgIpc) is 3.03. The lowest BCUT2D eigenvalue weighted by molar-refractivity contribution is -0.113. The van der Waals surface area contributed by atoms with Gasteiger partial charge in [0, 0.05) is 10.7 Å². The fourth-order valence-corrected chi connectivity index (χ4v) is 3.39. The Bertz CT molecular complexity index is 913. The topological polar surface area (TPSA) is 59.8 Å². The summed E-state index contributed by atoms with van der Waals surface area (Å²) in [7, 11) is 0. The normalized spacial score (nSPS) is 10.7. The zero-order chi connectivity index (χ0) is 17.8. The molecule has 0 spiro atoms. The van der Waals surface area contributed by atoms with Crippen LogP contribution in [-0.4, -0.2) is 26.4 Å². The number of nitrogens with one attached hydrogen (secondary N) is 1. The van der Waals surface area contributed by atoms with E-state index in [9.17, 15) is 4.79 Å². The Morgan fingerprint density at radius 3 is 2.80 bits per heavy atom. The number of aromatic nitrogens is 3. The highest BCUT2D eigenvalue weighted by Crippen LogP contribution is 2.27.